The first-order valence-corrected chi connectivity index (χ1v) is 8.84. The van der Waals surface area contributed by atoms with Crippen molar-refractivity contribution in [2.75, 3.05) is 26.2 Å². The number of hydrogen-bond acceptors (Lipinski definition) is 3. The van der Waals surface area contributed by atoms with E-state index in [1.807, 2.05) is 0 Å². The molecule has 118 valence electrons. The number of nitrogens with zero attached hydrogens (tertiary/aromatic N) is 2. The third kappa shape index (κ3) is 3.37. The molecule has 0 aromatic rings. The Hall–Kier alpha value is -0.120. The van der Waals surface area contributed by atoms with Crippen LogP contribution in [-0.2, 0) is 0 Å². The second-order valence-corrected chi connectivity index (χ2v) is 7.14. The Kier molecular flexibility index (Phi) is 5.88. The second kappa shape index (κ2) is 7.24. The molecule has 1 aliphatic carbocycles. The smallest absolute Gasteiger partial charge is 0.0358 e. The molecule has 2 aliphatic rings. The van der Waals surface area contributed by atoms with E-state index in [1.165, 1.54) is 64.6 Å². The summed E-state index contributed by atoms with van der Waals surface area (Å²) in [5, 5.41) is 0. The van der Waals surface area contributed by atoms with Gasteiger partial charge in [-0.15, -0.1) is 0 Å². The topological polar surface area (TPSA) is 32.5 Å². The Morgan fingerprint density at radius 1 is 1.15 bits per heavy atom. The molecule has 1 heterocycles. The highest BCUT2D eigenvalue weighted by Crippen LogP contribution is 2.34. The van der Waals surface area contributed by atoms with Crippen LogP contribution >= 0.6 is 0 Å². The van der Waals surface area contributed by atoms with Crippen molar-refractivity contribution in [3.63, 3.8) is 0 Å². The molecule has 20 heavy (non-hydrogen) atoms. The monoisotopic (exact) mass is 281 g/mol. The molecule has 0 aromatic heterocycles. The number of piperidine rings is 1. The lowest BCUT2D eigenvalue weighted by Gasteiger charge is -2.52. The summed E-state index contributed by atoms with van der Waals surface area (Å²) in [6, 6.07) is 1.47. The van der Waals surface area contributed by atoms with Crippen LogP contribution in [0.2, 0.25) is 0 Å². The van der Waals surface area contributed by atoms with Crippen LogP contribution in [0.4, 0.5) is 0 Å². The molecule has 0 atom stereocenters. The summed E-state index contributed by atoms with van der Waals surface area (Å²) in [5.74, 6) is 0. The van der Waals surface area contributed by atoms with E-state index in [-0.39, 0.29) is 5.54 Å². The van der Waals surface area contributed by atoms with Crippen LogP contribution in [0.1, 0.15) is 65.7 Å². The molecule has 3 heteroatoms. The van der Waals surface area contributed by atoms with Gasteiger partial charge in [0.2, 0.25) is 0 Å². The van der Waals surface area contributed by atoms with Gasteiger partial charge in [-0.3, -0.25) is 4.90 Å². The highest BCUT2D eigenvalue weighted by atomic mass is 15.3. The van der Waals surface area contributed by atoms with E-state index in [9.17, 15) is 0 Å². The van der Waals surface area contributed by atoms with Crippen molar-refractivity contribution in [3.05, 3.63) is 0 Å². The lowest BCUT2D eigenvalue weighted by Crippen LogP contribution is -2.62. The van der Waals surface area contributed by atoms with Crippen molar-refractivity contribution in [2.45, 2.75) is 83.3 Å². The molecule has 0 spiro atoms. The van der Waals surface area contributed by atoms with Crippen molar-refractivity contribution in [1.82, 2.24) is 9.80 Å². The summed E-state index contributed by atoms with van der Waals surface area (Å²) in [5.41, 5.74) is 6.56. The largest absolute Gasteiger partial charge is 0.329 e. The van der Waals surface area contributed by atoms with E-state index < -0.39 is 0 Å². The standard InChI is InChI=1S/C17H35N3/c1-4-20(16-8-6-5-7-9-16)17(14-18)10-12-19(13-11-17)15(2)3/h15-16H,4-14,18H2,1-3H3. The maximum absolute atomic E-state index is 6.28. The number of likely N-dealkylation sites (tertiary alicyclic amines) is 1. The maximum atomic E-state index is 6.28. The minimum Gasteiger partial charge on any atom is -0.329 e. The normalized spacial score (nSPS) is 25.5. The van der Waals surface area contributed by atoms with Gasteiger partial charge in [-0.05, 0) is 46.1 Å². The van der Waals surface area contributed by atoms with E-state index >= 15 is 0 Å². The molecule has 0 radical (unpaired) electrons. The average molecular weight is 281 g/mol. The molecule has 0 bridgehead atoms. The fraction of sp³-hybridized carbons (Fsp3) is 1.00. The summed E-state index contributed by atoms with van der Waals surface area (Å²) in [6.45, 7) is 11.4. The van der Waals surface area contributed by atoms with Gasteiger partial charge in [0.05, 0.1) is 0 Å². The lowest BCUT2D eigenvalue weighted by molar-refractivity contribution is -0.0162. The lowest BCUT2D eigenvalue weighted by atomic mass is 9.81. The predicted molar refractivity (Wildman–Crippen MR) is 87.0 cm³/mol. The fourth-order valence-electron chi connectivity index (χ4n) is 4.44. The van der Waals surface area contributed by atoms with Gasteiger partial charge in [0.1, 0.15) is 0 Å². The quantitative estimate of drug-likeness (QED) is 0.841. The first-order chi connectivity index (χ1) is 9.63. The molecule has 1 saturated carbocycles. The molecular weight excluding hydrogens is 246 g/mol. The summed E-state index contributed by atoms with van der Waals surface area (Å²) in [4.78, 5) is 5.41. The van der Waals surface area contributed by atoms with Crippen LogP contribution < -0.4 is 5.73 Å². The Labute approximate surface area is 125 Å². The van der Waals surface area contributed by atoms with E-state index in [0.717, 1.165) is 12.6 Å². The Morgan fingerprint density at radius 3 is 2.20 bits per heavy atom. The summed E-state index contributed by atoms with van der Waals surface area (Å²) < 4.78 is 0. The molecule has 3 nitrogen and oxygen atoms in total. The summed E-state index contributed by atoms with van der Waals surface area (Å²) in [6.07, 6.45) is 9.57. The maximum Gasteiger partial charge on any atom is 0.0358 e. The van der Waals surface area contributed by atoms with E-state index in [1.54, 1.807) is 0 Å². The number of rotatable bonds is 5. The van der Waals surface area contributed by atoms with E-state index in [2.05, 4.69) is 30.6 Å². The van der Waals surface area contributed by atoms with Gasteiger partial charge >= 0.3 is 0 Å². The van der Waals surface area contributed by atoms with Crippen LogP contribution in [0, 0.1) is 0 Å². The van der Waals surface area contributed by atoms with Crippen molar-refractivity contribution >= 4 is 0 Å². The Morgan fingerprint density at radius 2 is 1.75 bits per heavy atom. The zero-order valence-corrected chi connectivity index (χ0v) is 13.9. The molecule has 2 fully saturated rings. The van der Waals surface area contributed by atoms with Crippen LogP contribution in [0.15, 0.2) is 0 Å². The predicted octanol–water partition coefficient (Wildman–Crippen LogP) is 2.84. The number of likely N-dealkylation sites (N-methyl/N-ethyl adjacent to an activating group) is 1. The number of hydrogen-bond donors (Lipinski definition) is 1. The summed E-state index contributed by atoms with van der Waals surface area (Å²) >= 11 is 0. The van der Waals surface area contributed by atoms with Gasteiger partial charge in [0.25, 0.3) is 0 Å². The molecule has 0 amide bonds. The molecule has 1 saturated heterocycles. The minimum atomic E-state index is 0.280. The molecule has 2 rings (SSSR count). The van der Waals surface area contributed by atoms with Crippen molar-refractivity contribution < 1.29 is 0 Å². The van der Waals surface area contributed by atoms with Crippen LogP contribution in [0.25, 0.3) is 0 Å². The zero-order chi connectivity index (χ0) is 14.6. The molecule has 0 aromatic carbocycles. The van der Waals surface area contributed by atoms with E-state index in [0.29, 0.717) is 6.04 Å². The van der Waals surface area contributed by atoms with Gasteiger partial charge in [-0.25, -0.2) is 0 Å². The summed E-state index contributed by atoms with van der Waals surface area (Å²) in [7, 11) is 0. The van der Waals surface area contributed by atoms with Crippen LogP contribution in [-0.4, -0.2) is 53.6 Å². The van der Waals surface area contributed by atoms with Gasteiger partial charge in [-0.2, -0.15) is 0 Å². The molecule has 0 unspecified atom stereocenters. The highest BCUT2D eigenvalue weighted by molar-refractivity contribution is 4.99. The third-order valence-corrected chi connectivity index (χ3v) is 5.80. The first kappa shape index (κ1) is 16.3. The number of nitrogens with two attached hydrogens (primary N) is 1. The minimum absolute atomic E-state index is 0.280. The SMILES string of the molecule is CCN(C1CCCCC1)C1(CN)CCN(C(C)C)CC1. The van der Waals surface area contributed by atoms with Crippen molar-refractivity contribution in [3.8, 4) is 0 Å². The van der Waals surface area contributed by atoms with Crippen LogP contribution in [0.5, 0.6) is 0 Å². The first-order valence-electron chi connectivity index (χ1n) is 8.84. The highest BCUT2D eigenvalue weighted by Gasteiger charge is 2.41. The van der Waals surface area contributed by atoms with Gasteiger partial charge in [0, 0.05) is 37.3 Å². The Balaban J connectivity index is 2.04. The third-order valence-electron chi connectivity index (χ3n) is 5.80. The molecule has 1 aliphatic heterocycles. The van der Waals surface area contributed by atoms with E-state index in [4.69, 9.17) is 5.73 Å². The van der Waals surface area contributed by atoms with Crippen molar-refractivity contribution in [1.29, 1.82) is 0 Å². The average Bonchev–Trinajstić information content (AvgIpc) is 2.49. The van der Waals surface area contributed by atoms with Gasteiger partial charge in [0.15, 0.2) is 0 Å². The molecule has 2 N–H and O–H groups in total. The Bertz CT molecular complexity index is 276. The van der Waals surface area contributed by atoms with Crippen LogP contribution in [0.3, 0.4) is 0 Å². The van der Waals surface area contributed by atoms with Gasteiger partial charge in [-0.1, -0.05) is 26.2 Å². The fourth-order valence-corrected chi connectivity index (χ4v) is 4.44. The second-order valence-electron chi connectivity index (χ2n) is 7.14. The van der Waals surface area contributed by atoms with Crippen molar-refractivity contribution in [2.24, 2.45) is 5.73 Å². The zero-order valence-electron chi connectivity index (χ0n) is 13.9. The molecular formula is C17H35N3. The van der Waals surface area contributed by atoms with Gasteiger partial charge < -0.3 is 10.6 Å².